The van der Waals surface area contributed by atoms with Gasteiger partial charge in [0.15, 0.2) is 9.84 Å². The van der Waals surface area contributed by atoms with Crippen LogP contribution < -0.4 is 4.72 Å². The van der Waals surface area contributed by atoms with Gasteiger partial charge in [0, 0.05) is 11.8 Å². The van der Waals surface area contributed by atoms with Crippen LogP contribution in [0.5, 0.6) is 0 Å². The second kappa shape index (κ2) is 5.58. The summed E-state index contributed by atoms with van der Waals surface area (Å²) in [6.45, 7) is 0. The maximum absolute atomic E-state index is 11.9. The van der Waals surface area contributed by atoms with Crippen LogP contribution in [-0.2, 0) is 19.9 Å². The number of rotatable bonds is 4. The van der Waals surface area contributed by atoms with Crippen molar-refractivity contribution in [1.29, 1.82) is 0 Å². The summed E-state index contributed by atoms with van der Waals surface area (Å²) in [5.41, 5.74) is 0.0579. The van der Waals surface area contributed by atoms with Gasteiger partial charge in [0.2, 0.25) is 0 Å². The van der Waals surface area contributed by atoms with E-state index in [-0.39, 0.29) is 14.7 Å². The quantitative estimate of drug-likeness (QED) is 0.900. The molecular weight excluding hydrogens is 334 g/mol. The van der Waals surface area contributed by atoms with Crippen molar-refractivity contribution in [2.75, 3.05) is 6.26 Å². The lowest BCUT2D eigenvalue weighted by Crippen LogP contribution is -2.30. The zero-order chi connectivity index (χ0) is 15.7. The Morgan fingerprint density at radius 1 is 1.05 bits per heavy atom. The lowest BCUT2D eigenvalue weighted by atomic mass is 10.2. The van der Waals surface area contributed by atoms with Crippen LogP contribution in [0.4, 0.5) is 0 Å². The number of carbonyl (C=O) groups excluding carboxylic acids is 1. The number of nitrogens with one attached hydrogen (secondary N) is 1. The number of hydrogen-bond acceptors (Lipinski definition) is 6. The first-order valence-corrected chi connectivity index (χ1v) is 9.86. The molecule has 1 aromatic heterocycles. The minimum absolute atomic E-state index is 0.0311. The van der Waals surface area contributed by atoms with E-state index in [4.69, 9.17) is 0 Å². The molecule has 0 fully saturated rings. The van der Waals surface area contributed by atoms with Crippen molar-refractivity contribution >= 4 is 37.1 Å². The Morgan fingerprint density at radius 2 is 1.67 bits per heavy atom. The highest BCUT2D eigenvalue weighted by molar-refractivity contribution is 7.92. The van der Waals surface area contributed by atoms with Crippen LogP contribution in [0.2, 0.25) is 0 Å². The summed E-state index contributed by atoms with van der Waals surface area (Å²) >= 11 is 0.991. The second-order valence-electron chi connectivity index (χ2n) is 4.16. The van der Waals surface area contributed by atoms with Crippen molar-refractivity contribution in [2.45, 2.75) is 9.10 Å². The molecule has 0 aliphatic rings. The Bertz CT molecular complexity index is 850. The van der Waals surface area contributed by atoms with Gasteiger partial charge < -0.3 is 0 Å². The number of carbonyl (C=O) groups is 1. The average Bonchev–Trinajstić information content (AvgIpc) is 2.92. The molecule has 2 rings (SSSR count). The molecule has 0 radical (unpaired) electrons. The summed E-state index contributed by atoms with van der Waals surface area (Å²) in [4.78, 5) is 11.9. The van der Waals surface area contributed by atoms with Gasteiger partial charge in [-0.25, -0.2) is 21.6 Å². The van der Waals surface area contributed by atoms with Gasteiger partial charge in [0.05, 0.1) is 4.90 Å². The Hall–Kier alpha value is -1.71. The highest BCUT2D eigenvalue weighted by Gasteiger charge is 2.19. The van der Waals surface area contributed by atoms with Crippen LogP contribution in [0.25, 0.3) is 0 Å². The molecule has 1 heterocycles. The maximum atomic E-state index is 11.9. The number of hydrogen-bond donors (Lipinski definition) is 1. The first-order chi connectivity index (χ1) is 9.70. The van der Waals surface area contributed by atoms with E-state index in [1.165, 1.54) is 30.3 Å². The van der Waals surface area contributed by atoms with Gasteiger partial charge in [0.25, 0.3) is 15.9 Å². The molecule has 112 valence electrons. The first-order valence-electron chi connectivity index (χ1n) is 5.61. The van der Waals surface area contributed by atoms with Crippen molar-refractivity contribution in [1.82, 2.24) is 4.72 Å². The van der Waals surface area contributed by atoms with Crippen LogP contribution in [0.1, 0.15) is 10.4 Å². The molecule has 0 aliphatic heterocycles. The minimum Gasteiger partial charge on any atom is -0.268 e. The van der Waals surface area contributed by atoms with E-state index in [9.17, 15) is 21.6 Å². The molecule has 21 heavy (non-hydrogen) atoms. The molecule has 2 aromatic rings. The summed E-state index contributed by atoms with van der Waals surface area (Å²) in [7, 11) is -7.27. The Balaban J connectivity index is 2.22. The molecule has 0 saturated heterocycles. The highest BCUT2D eigenvalue weighted by Crippen LogP contribution is 2.16. The van der Waals surface area contributed by atoms with Crippen molar-refractivity contribution in [3.63, 3.8) is 0 Å². The lowest BCUT2D eigenvalue weighted by molar-refractivity contribution is 0.0981. The Morgan fingerprint density at radius 3 is 2.14 bits per heavy atom. The molecule has 6 nitrogen and oxygen atoms in total. The topological polar surface area (TPSA) is 97.4 Å². The minimum atomic E-state index is -3.90. The number of amides is 1. The van der Waals surface area contributed by atoms with Gasteiger partial charge >= 0.3 is 0 Å². The van der Waals surface area contributed by atoms with E-state index in [0.29, 0.717) is 0 Å². The van der Waals surface area contributed by atoms with E-state index in [0.717, 1.165) is 17.6 Å². The molecule has 1 N–H and O–H groups in total. The third-order valence-corrected chi connectivity index (χ3v) is 6.39. The van der Waals surface area contributed by atoms with Gasteiger partial charge in [-0.3, -0.25) is 4.79 Å². The second-order valence-corrected chi connectivity index (χ2v) is 9.04. The average molecular weight is 345 g/mol. The van der Waals surface area contributed by atoms with Crippen LogP contribution in [-0.4, -0.2) is 29.0 Å². The van der Waals surface area contributed by atoms with E-state index < -0.39 is 25.8 Å². The number of sulfone groups is 1. The third-order valence-electron chi connectivity index (χ3n) is 2.53. The van der Waals surface area contributed by atoms with E-state index in [1.807, 2.05) is 4.72 Å². The van der Waals surface area contributed by atoms with Gasteiger partial charge in [-0.15, -0.1) is 11.3 Å². The van der Waals surface area contributed by atoms with Crippen molar-refractivity contribution in [3.8, 4) is 0 Å². The van der Waals surface area contributed by atoms with Crippen LogP contribution in [0.15, 0.2) is 50.9 Å². The Kier molecular flexibility index (Phi) is 4.17. The molecule has 0 spiro atoms. The number of benzene rings is 1. The summed E-state index contributed by atoms with van der Waals surface area (Å²) in [5, 5.41) is 1.58. The monoisotopic (exact) mass is 345 g/mol. The van der Waals surface area contributed by atoms with Crippen molar-refractivity contribution in [3.05, 3.63) is 47.3 Å². The largest absolute Gasteiger partial charge is 0.273 e. The predicted molar refractivity (Wildman–Crippen MR) is 78.5 cm³/mol. The van der Waals surface area contributed by atoms with Crippen LogP contribution in [0, 0.1) is 0 Å². The Labute approximate surface area is 126 Å². The van der Waals surface area contributed by atoms with Crippen molar-refractivity contribution in [2.24, 2.45) is 0 Å². The lowest BCUT2D eigenvalue weighted by Gasteiger charge is -2.05. The fourth-order valence-corrected chi connectivity index (χ4v) is 4.10. The van der Waals surface area contributed by atoms with Crippen LogP contribution in [0.3, 0.4) is 0 Å². The smallest absolute Gasteiger partial charge is 0.268 e. The van der Waals surface area contributed by atoms with Gasteiger partial charge in [-0.1, -0.05) is 6.07 Å². The maximum Gasteiger partial charge on any atom is 0.273 e. The summed E-state index contributed by atoms with van der Waals surface area (Å²) < 4.78 is 48.3. The predicted octanol–water partition coefficient (Wildman–Crippen LogP) is 1.27. The zero-order valence-corrected chi connectivity index (χ0v) is 13.3. The molecule has 1 amide bonds. The molecule has 9 heteroatoms. The van der Waals surface area contributed by atoms with Crippen LogP contribution >= 0.6 is 11.3 Å². The standard InChI is InChI=1S/C12H11NO5S3/c1-20(15,16)10-6-4-9(5-7-10)12(14)13-21(17,18)11-3-2-8-19-11/h2-8H,1H3,(H,13,14). The summed E-state index contributed by atoms with van der Waals surface area (Å²) in [6, 6.07) is 7.97. The molecule has 0 unspecified atom stereocenters. The summed E-state index contributed by atoms with van der Waals surface area (Å²) in [5.74, 6) is -0.816. The fraction of sp³-hybridized carbons (Fsp3) is 0.0833. The van der Waals surface area contributed by atoms with Gasteiger partial charge in [-0.2, -0.15) is 0 Å². The molecule has 0 bridgehead atoms. The first kappa shape index (κ1) is 15.7. The normalized spacial score (nSPS) is 12.0. The number of thiophene rings is 1. The third kappa shape index (κ3) is 3.69. The zero-order valence-electron chi connectivity index (χ0n) is 10.8. The van der Waals surface area contributed by atoms with Crippen molar-refractivity contribution < 1.29 is 21.6 Å². The number of sulfonamides is 1. The van der Waals surface area contributed by atoms with E-state index in [2.05, 4.69) is 0 Å². The van der Waals surface area contributed by atoms with Gasteiger partial charge in [0.1, 0.15) is 4.21 Å². The fourth-order valence-electron chi connectivity index (χ4n) is 1.50. The molecule has 0 saturated carbocycles. The summed E-state index contributed by atoms with van der Waals surface area (Å²) in [6.07, 6.45) is 1.04. The molecule has 1 aromatic carbocycles. The molecule has 0 atom stereocenters. The molecular formula is C12H11NO5S3. The highest BCUT2D eigenvalue weighted by atomic mass is 32.2. The molecule has 0 aliphatic carbocycles. The van der Waals surface area contributed by atoms with E-state index in [1.54, 1.807) is 11.4 Å². The van der Waals surface area contributed by atoms with E-state index >= 15 is 0 Å². The van der Waals surface area contributed by atoms with Gasteiger partial charge in [-0.05, 0) is 35.7 Å². The SMILES string of the molecule is CS(=O)(=O)c1ccc(C(=O)NS(=O)(=O)c2cccs2)cc1.